The van der Waals surface area contributed by atoms with Crippen LogP contribution < -0.4 is 9.47 Å². The van der Waals surface area contributed by atoms with E-state index in [1.165, 1.54) is 52.1 Å². The van der Waals surface area contributed by atoms with Crippen molar-refractivity contribution in [3.8, 4) is 23.3 Å². The molecule has 5 heteroatoms. The summed E-state index contributed by atoms with van der Waals surface area (Å²) in [7, 11) is 1.52. The summed E-state index contributed by atoms with van der Waals surface area (Å²) >= 11 is 0. The van der Waals surface area contributed by atoms with Crippen LogP contribution in [0.4, 0.5) is 0 Å². The molecular weight excluding hydrogens is 392 g/mol. The lowest BCUT2D eigenvalue weighted by Gasteiger charge is -2.09. The van der Waals surface area contributed by atoms with Crippen LogP contribution in [0, 0.1) is 18.8 Å². The molecule has 0 amide bonds. The fourth-order valence-electron chi connectivity index (χ4n) is 3.09. The number of ether oxygens (including phenoxy) is 3. The number of hydrogen-bond acceptors (Lipinski definition) is 5. The summed E-state index contributed by atoms with van der Waals surface area (Å²) in [5.41, 5.74) is 0.968. The van der Waals surface area contributed by atoms with Crippen LogP contribution in [0.5, 0.6) is 11.5 Å². The molecule has 0 atom stereocenters. The molecule has 0 aliphatic carbocycles. The van der Waals surface area contributed by atoms with Gasteiger partial charge in [0.25, 0.3) is 0 Å². The second-order valence-corrected chi connectivity index (χ2v) is 7.72. The number of benzene rings is 1. The first-order valence-electron chi connectivity index (χ1n) is 11.5. The van der Waals surface area contributed by atoms with E-state index in [1.807, 2.05) is 13.0 Å². The van der Waals surface area contributed by atoms with Crippen molar-refractivity contribution in [3.05, 3.63) is 23.8 Å². The molecule has 0 bridgehead atoms. The van der Waals surface area contributed by atoms with Gasteiger partial charge < -0.3 is 14.2 Å². The van der Waals surface area contributed by atoms with Gasteiger partial charge in [-0.3, -0.25) is 9.59 Å². The van der Waals surface area contributed by atoms with Crippen molar-refractivity contribution in [3.63, 3.8) is 0 Å². The Morgan fingerprint density at radius 2 is 1.52 bits per heavy atom. The Bertz CT molecular complexity index is 714. The monoisotopic (exact) mass is 430 g/mol. The zero-order valence-electron chi connectivity index (χ0n) is 19.5. The predicted molar refractivity (Wildman–Crippen MR) is 123 cm³/mol. The third kappa shape index (κ3) is 13.4. The summed E-state index contributed by atoms with van der Waals surface area (Å²) in [4.78, 5) is 23.7. The minimum atomic E-state index is -0.401. The third-order valence-corrected chi connectivity index (χ3v) is 4.89. The van der Waals surface area contributed by atoms with Gasteiger partial charge in [-0.1, -0.05) is 69.8 Å². The molecule has 1 rings (SSSR count). The van der Waals surface area contributed by atoms with Gasteiger partial charge in [-0.15, -0.1) is 0 Å². The highest BCUT2D eigenvalue weighted by Gasteiger charge is 2.11. The largest absolute Gasteiger partial charge is 0.493 e. The van der Waals surface area contributed by atoms with Crippen LogP contribution in [-0.2, 0) is 14.3 Å². The van der Waals surface area contributed by atoms with Gasteiger partial charge >= 0.3 is 11.9 Å². The normalized spacial score (nSPS) is 10.2. The highest BCUT2D eigenvalue weighted by molar-refractivity contribution is 5.75. The van der Waals surface area contributed by atoms with Gasteiger partial charge in [0.05, 0.1) is 7.11 Å². The number of esters is 2. The molecule has 0 aromatic heterocycles. The first-order valence-corrected chi connectivity index (χ1v) is 11.5. The van der Waals surface area contributed by atoms with Gasteiger partial charge in [0.2, 0.25) is 0 Å². The van der Waals surface area contributed by atoms with Crippen molar-refractivity contribution in [2.24, 2.45) is 0 Å². The van der Waals surface area contributed by atoms with E-state index in [-0.39, 0.29) is 25.4 Å². The number of carbonyl (C=O) groups is 2. The molecule has 0 aliphatic heterocycles. The molecule has 172 valence electrons. The lowest BCUT2D eigenvalue weighted by molar-refractivity contribution is -0.142. The van der Waals surface area contributed by atoms with Crippen molar-refractivity contribution in [2.75, 3.05) is 13.7 Å². The second kappa shape index (κ2) is 17.2. The van der Waals surface area contributed by atoms with Crippen LogP contribution in [0.2, 0.25) is 0 Å². The molecule has 0 N–H and O–H groups in total. The number of unbranched alkanes of at least 4 members (excludes halogenated alkanes) is 8. The summed E-state index contributed by atoms with van der Waals surface area (Å²) < 4.78 is 15.6. The number of methoxy groups -OCH3 is 1. The fraction of sp³-hybridized carbons (Fsp3) is 0.615. The Morgan fingerprint density at radius 1 is 0.839 bits per heavy atom. The molecule has 0 saturated carbocycles. The summed E-state index contributed by atoms with van der Waals surface area (Å²) in [5.74, 6) is 6.09. The summed E-state index contributed by atoms with van der Waals surface area (Å²) in [6.45, 7) is 4.25. The number of aryl methyl sites for hydroxylation is 1. The molecule has 0 radical (unpaired) electrons. The molecule has 0 aliphatic rings. The van der Waals surface area contributed by atoms with E-state index in [0.717, 1.165) is 18.4 Å². The summed E-state index contributed by atoms with van der Waals surface area (Å²) in [5, 5.41) is 0. The predicted octanol–water partition coefficient (Wildman–Crippen LogP) is 6.16. The Morgan fingerprint density at radius 3 is 2.23 bits per heavy atom. The van der Waals surface area contributed by atoms with Crippen molar-refractivity contribution in [1.29, 1.82) is 0 Å². The van der Waals surface area contributed by atoms with E-state index in [2.05, 4.69) is 18.8 Å². The van der Waals surface area contributed by atoms with Gasteiger partial charge in [-0.05, 0) is 37.5 Å². The van der Waals surface area contributed by atoms with Gasteiger partial charge in [0.15, 0.2) is 18.1 Å². The minimum absolute atomic E-state index is 0.112. The van der Waals surface area contributed by atoms with Crippen molar-refractivity contribution < 1.29 is 23.8 Å². The third-order valence-electron chi connectivity index (χ3n) is 4.89. The number of hydrogen-bond donors (Lipinski definition) is 0. The average Bonchev–Trinajstić information content (AvgIpc) is 2.74. The molecule has 31 heavy (non-hydrogen) atoms. The smallest absolute Gasteiger partial charge is 0.311 e. The Balaban J connectivity index is 2.07. The quantitative estimate of drug-likeness (QED) is 0.144. The van der Waals surface area contributed by atoms with Crippen LogP contribution in [0.1, 0.15) is 89.5 Å². The topological polar surface area (TPSA) is 61.8 Å². The maximum absolute atomic E-state index is 12.0. The lowest BCUT2D eigenvalue weighted by Crippen LogP contribution is -2.11. The van der Waals surface area contributed by atoms with Crippen molar-refractivity contribution >= 4 is 11.9 Å². The zero-order chi connectivity index (χ0) is 22.7. The first kappa shape index (κ1) is 26.6. The first-order chi connectivity index (χ1) is 15.1. The molecule has 0 spiro atoms. The van der Waals surface area contributed by atoms with Gasteiger partial charge in [-0.2, -0.15) is 0 Å². The highest BCUT2D eigenvalue weighted by atomic mass is 16.6. The van der Waals surface area contributed by atoms with Gasteiger partial charge in [0.1, 0.15) is 0 Å². The van der Waals surface area contributed by atoms with E-state index in [9.17, 15) is 9.59 Å². The second-order valence-electron chi connectivity index (χ2n) is 7.72. The maximum atomic E-state index is 12.0. The Labute approximate surface area is 187 Å². The lowest BCUT2D eigenvalue weighted by atomic mass is 10.1. The van der Waals surface area contributed by atoms with E-state index >= 15 is 0 Å². The highest BCUT2D eigenvalue weighted by Crippen LogP contribution is 2.28. The van der Waals surface area contributed by atoms with Crippen molar-refractivity contribution in [2.45, 2.75) is 90.9 Å². The fourth-order valence-corrected chi connectivity index (χ4v) is 3.09. The molecule has 0 heterocycles. The number of rotatable bonds is 15. The summed E-state index contributed by atoms with van der Waals surface area (Å²) in [6, 6.07) is 5.38. The van der Waals surface area contributed by atoms with Crippen molar-refractivity contribution in [1.82, 2.24) is 0 Å². The van der Waals surface area contributed by atoms with E-state index in [4.69, 9.17) is 14.2 Å². The minimum Gasteiger partial charge on any atom is -0.493 e. The molecular formula is C26H38O5. The van der Waals surface area contributed by atoms with Crippen LogP contribution in [0.15, 0.2) is 18.2 Å². The average molecular weight is 431 g/mol. The molecule has 1 aromatic rings. The van der Waals surface area contributed by atoms with E-state index in [1.54, 1.807) is 12.1 Å². The Kier molecular flexibility index (Phi) is 14.8. The summed E-state index contributed by atoms with van der Waals surface area (Å²) in [6.07, 6.45) is 11.8. The van der Waals surface area contributed by atoms with Crippen LogP contribution >= 0.6 is 0 Å². The van der Waals surface area contributed by atoms with Crippen LogP contribution in [0.25, 0.3) is 0 Å². The van der Waals surface area contributed by atoms with E-state index < -0.39 is 5.97 Å². The standard InChI is InChI=1S/C26H38O5/c1-4-5-6-7-8-9-10-11-12-13-14-20-30-25(27)16-15-17-26(28)31-24-21-22(2)18-19-23(24)29-3/h18-19,21H,4-12,15-17,20H2,1-3H3. The van der Waals surface area contributed by atoms with E-state index in [0.29, 0.717) is 17.9 Å². The molecule has 5 nitrogen and oxygen atoms in total. The van der Waals surface area contributed by atoms with Crippen LogP contribution in [0.3, 0.4) is 0 Å². The van der Waals surface area contributed by atoms with Crippen LogP contribution in [-0.4, -0.2) is 25.7 Å². The number of carbonyl (C=O) groups excluding carboxylic acids is 2. The van der Waals surface area contributed by atoms with Gasteiger partial charge in [0, 0.05) is 19.3 Å². The van der Waals surface area contributed by atoms with Gasteiger partial charge in [-0.25, -0.2) is 0 Å². The Hall–Kier alpha value is -2.48. The molecule has 0 fully saturated rings. The zero-order valence-corrected chi connectivity index (χ0v) is 19.5. The maximum Gasteiger partial charge on any atom is 0.311 e. The SMILES string of the molecule is CCCCCCCCCCC#CCOC(=O)CCCC(=O)Oc1cc(C)ccc1OC. The molecule has 0 saturated heterocycles. The molecule has 0 unspecified atom stereocenters. The molecule has 1 aromatic carbocycles.